The molecular formula is C23H26N2O5S. The number of nitrogens with zero attached hydrogens (tertiary/aromatic N) is 2. The molecule has 3 aromatic rings. The minimum absolute atomic E-state index is 0.368. The van der Waals surface area contributed by atoms with E-state index in [1.807, 2.05) is 38.1 Å². The van der Waals surface area contributed by atoms with Gasteiger partial charge in [0.2, 0.25) is 10.0 Å². The number of hydrogen-bond acceptors (Lipinski definition) is 6. The first-order chi connectivity index (χ1) is 14.8. The lowest BCUT2D eigenvalue weighted by Gasteiger charge is -2.34. The Hall–Kier alpha value is -2.68. The van der Waals surface area contributed by atoms with Crippen molar-refractivity contribution in [3.8, 4) is 5.75 Å². The first-order valence-electron chi connectivity index (χ1n) is 10.2. The van der Waals surface area contributed by atoms with E-state index in [1.165, 1.54) is 6.07 Å². The van der Waals surface area contributed by atoms with Gasteiger partial charge in [0.25, 0.3) is 0 Å². The predicted molar refractivity (Wildman–Crippen MR) is 119 cm³/mol. The van der Waals surface area contributed by atoms with Crippen LogP contribution in [0.3, 0.4) is 0 Å². The van der Waals surface area contributed by atoms with Crippen molar-refractivity contribution in [1.29, 1.82) is 0 Å². The van der Waals surface area contributed by atoms with Gasteiger partial charge in [-0.3, -0.25) is 4.90 Å². The molecule has 2 aromatic carbocycles. The van der Waals surface area contributed by atoms with E-state index in [2.05, 4.69) is 4.90 Å². The van der Waals surface area contributed by atoms with E-state index in [1.54, 1.807) is 23.5 Å². The topological polar surface area (TPSA) is 80.1 Å². The van der Waals surface area contributed by atoms with Crippen LogP contribution in [0.1, 0.15) is 16.7 Å². The van der Waals surface area contributed by atoms with Crippen molar-refractivity contribution < 1.29 is 17.6 Å². The monoisotopic (exact) mass is 442 g/mol. The largest absolute Gasteiger partial charge is 0.497 e. The Balaban J connectivity index is 1.50. The van der Waals surface area contributed by atoms with Gasteiger partial charge in [-0.05, 0) is 43.2 Å². The van der Waals surface area contributed by atoms with Crippen molar-refractivity contribution in [2.24, 2.45) is 0 Å². The van der Waals surface area contributed by atoms with E-state index in [0.29, 0.717) is 49.0 Å². The van der Waals surface area contributed by atoms with Crippen LogP contribution in [0.15, 0.2) is 56.6 Å². The second-order valence-electron chi connectivity index (χ2n) is 7.90. The third-order valence-corrected chi connectivity index (χ3v) is 7.77. The SMILES string of the molecule is COc1ccc2c(CN3CCN(S(=O)(=O)c4ccc(C)cc4C)CC3)cc(=O)oc2c1. The van der Waals surface area contributed by atoms with E-state index in [4.69, 9.17) is 9.15 Å². The number of methoxy groups -OCH3 is 1. The molecule has 4 rings (SSSR count). The number of piperazine rings is 1. The molecule has 164 valence electrons. The fourth-order valence-electron chi connectivity index (χ4n) is 4.06. The van der Waals surface area contributed by atoms with Gasteiger partial charge in [0.1, 0.15) is 11.3 Å². The molecule has 8 heteroatoms. The highest BCUT2D eigenvalue weighted by molar-refractivity contribution is 7.89. The van der Waals surface area contributed by atoms with Gasteiger partial charge in [-0.15, -0.1) is 0 Å². The molecule has 0 N–H and O–H groups in total. The zero-order valence-electron chi connectivity index (χ0n) is 17.9. The number of hydrogen-bond donors (Lipinski definition) is 0. The van der Waals surface area contributed by atoms with E-state index >= 15 is 0 Å². The van der Waals surface area contributed by atoms with Crippen LogP contribution >= 0.6 is 0 Å². The van der Waals surface area contributed by atoms with Crippen molar-refractivity contribution in [1.82, 2.24) is 9.21 Å². The highest BCUT2D eigenvalue weighted by atomic mass is 32.2. The Morgan fingerprint density at radius 3 is 2.42 bits per heavy atom. The summed E-state index contributed by atoms with van der Waals surface area (Å²) in [6.07, 6.45) is 0. The van der Waals surface area contributed by atoms with Crippen LogP contribution in [0, 0.1) is 13.8 Å². The molecule has 1 fully saturated rings. The molecule has 0 bridgehead atoms. The van der Waals surface area contributed by atoms with E-state index in [0.717, 1.165) is 22.1 Å². The Morgan fingerprint density at radius 1 is 1.00 bits per heavy atom. The maximum absolute atomic E-state index is 13.1. The minimum atomic E-state index is -3.53. The van der Waals surface area contributed by atoms with Gasteiger partial charge < -0.3 is 9.15 Å². The summed E-state index contributed by atoms with van der Waals surface area (Å²) in [5, 5.41) is 0.853. The summed E-state index contributed by atoms with van der Waals surface area (Å²) in [4.78, 5) is 14.6. The van der Waals surface area contributed by atoms with Crippen LogP contribution in [0.4, 0.5) is 0 Å². The smallest absolute Gasteiger partial charge is 0.336 e. The molecule has 2 heterocycles. The molecule has 1 aromatic heterocycles. The lowest BCUT2D eigenvalue weighted by atomic mass is 10.1. The van der Waals surface area contributed by atoms with Crippen molar-refractivity contribution in [3.63, 3.8) is 0 Å². The van der Waals surface area contributed by atoms with E-state index < -0.39 is 15.6 Å². The molecule has 31 heavy (non-hydrogen) atoms. The summed E-state index contributed by atoms with van der Waals surface area (Å²) >= 11 is 0. The van der Waals surface area contributed by atoms with Crippen molar-refractivity contribution >= 4 is 21.0 Å². The molecule has 1 aliphatic rings. The third kappa shape index (κ3) is 4.37. The number of rotatable bonds is 5. The van der Waals surface area contributed by atoms with Crippen LogP contribution in [0.25, 0.3) is 11.0 Å². The summed E-state index contributed by atoms with van der Waals surface area (Å²) < 4.78 is 38.3. The predicted octanol–water partition coefficient (Wildman–Crippen LogP) is 2.92. The van der Waals surface area contributed by atoms with Gasteiger partial charge in [-0.25, -0.2) is 13.2 Å². The maximum atomic E-state index is 13.1. The highest BCUT2D eigenvalue weighted by Crippen LogP contribution is 2.25. The maximum Gasteiger partial charge on any atom is 0.336 e. The normalized spacial score (nSPS) is 16.0. The fraction of sp³-hybridized carbons (Fsp3) is 0.348. The van der Waals surface area contributed by atoms with E-state index in [-0.39, 0.29) is 0 Å². The van der Waals surface area contributed by atoms with Gasteiger partial charge in [0.05, 0.1) is 12.0 Å². The quantitative estimate of drug-likeness (QED) is 0.566. The number of aryl methyl sites for hydroxylation is 2. The average Bonchev–Trinajstić information content (AvgIpc) is 2.73. The molecule has 0 spiro atoms. The molecule has 1 aliphatic heterocycles. The number of benzene rings is 2. The van der Waals surface area contributed by atoms with Gasteiger partial charge in [0.15, 0.2) is 0 Å². The summed E-state index contributed by atoms with van der Waals surface area (Å²) in [5.41, 5.74) is 2.74. The molecule has 0 amide bonds. The minimum Gasteiger partial charge on any atom is -0.497 e. The highest BCUT2D eigenvalue weighted by Gasteiger charge is 2.29. The molecule has 0 aliphatic carbocycles. The lowest BCUT2D eigenvalue weighted by Crippen LogP contribution is -2.48. The van der Waals surface area contributed by atoms with Gasteiger partial charge >= 0.3 is 5.63 Å². The summed E-state index contributed by atoms with van der Waals surface area (Å²) in [6, 6.07) is 12.3. The number of ether oxygens (including phenoxy) is 1. The average molecular weight is 443 g/mol. The molecule has 0 saturated carbocycles. The Bertz CT molecular complexity index is 1270. The molecule has 1 saturated heterocycles. The first kappa shape index (κ1) is 21.5. The molecule has 0 atom stereocenters. The van der Waals surface area contributed by atoms with Gasteiger partial charge in [-0.1, -0.05) is 17.7 Å². The molecule has 7 nitrogen and oxygen atoms in total. The van der Waals surface area contributed by atoms with Crippen LogP contribution < -0.4 is 10.4 Å². The number of sulfonamides is 1. The lowest BCUT2D eigenvalue weighted by molar-refractivity contribution is 0.182. The Kier molecular flexibility index (Phi) is 5.88. The second-order valence-corrected chi connectivity index (χ2v) is 9.81. The summed E-state index contributed by atoms with van der Waals surface area (Å²) in [7, 11) is -1.96. The Labute approximate surface area is 181 Å². The zero-order valence-corrected chi connectivity index (χ0v) is 18.7. The van der Waals surface area contributed by atoms with Gasteiger partial charge in [0, 0.05) is 50.2 Å². The second kappa shape index (κ2) is 8.45. The fourth-order valence-corrected chi connectivity index (χ4v) is 5.69. The Morgan fingerprint density at radius 2 is 1.74 bits per heavy atom. The third-order valence-electron chi connectivity index (χ3n) is 5.71. The van der Waals surface area contributed by atoms with Crippen molar-refractivity contribution in [2.75, 3.05) is 33.3 Å². The molecule has 0 radical (unpaired) electrons. The first-order valence-corrected chi connectivity index (χ1v) is 11.6. The van der Waals surface area contributed by atoms with Crippen LogP contribution in [-0.2, 0) is 16.6 Å². The summed E-state index contributed by atoms with van der Waals surface area (Å²) in [5.74, 6) is 0.623. The summed E-state index contributed by atoms with van der Waals surface area (Å²) in [6.45, 7) is 6.31. The van der Waals surface area contributed by atoms with Gasteiger partial charge in [-0.2, -0.15) is 4.31 Å². The molecule has 0 unspecified atom stereocenters. The number of fused-ring (bicyclic) bond motifs is 1. The standard InChI is InChI=1S/C23H26N2O5S/c1-16-4-7-22(17(2)12-16)31(27,28)25-10-8-24(9-11-25)15-18-13-23(26)30-21-14-19(29-3)5-6-20(18)21/h4-7,12-14H,8-11,15H2,1-3H3. The van der Waals surface area contributed by atoms with Crippen molar-refractivity contribution in [2.45, 2.75) is 25.3 Å². The van der Waals surface area contributed by atoms with Crippen LogP contribution in [0.2, 0.25) is 0 Å². The zero-order chi connectivity index (χ0) is 22.2. The van der Waals surface area contributed by atoms with Crippen LogP contribution in [0.5, 0.6) is 5.75 Å². The molecular weight excluding hydrogens is 416 g/mol. The van der Waals surface area contributed by atoms with Crippen LogP contribution in [-0.4, -0.2) is 50.9 Å². The van der Waals surface area contributed by atoms with E-state index in [9.17, 15) is 13.2 Å². The van der Waals surface area contributed by atoms with Crippen molar-refractivity contribution in [3.05, 3.63) is 69.6 Å².